The topological polar surface area (TPSA) is 188 Å². The molecular weight excluding hydrogens is 924 g/mol. The van der Waals surface area contributed by atoms with Crippen molar-refractivity contribution in [1.82, 2.24) is 45.0 Å². The lowest BCUT2D eigenvalue weighted by Crippen LogP contribution is -2.62. The molecule has 0 spiro atoms. The molecule has 0 radical (unpaired) electrons. The molecule has 5 atom stereocenters. The van der Waals surface area contributed by atoms with Crippen molar-refractivity contribution in [3.63, 3.8) is 0 Å². The standard InChI is InChI=1S/C53H71FN10O8/c1-11-44(65)62-19-17-53(54,30-62)51(69)60(9)46(32(3)4)48(66)57-40-26-43-55-29-42(72-43)34-15-16-41-36(24-34)38(27-52(6,7)31-71-50(68)39-14-13-18-64(58-39)49(40)67)47(63(41)12-2)37-25-35(28-56-45(37)33(5)70-10)61-22-20-59(8)21-23-61/h11,15-16,24-25,28-29,32-33,39-40,46,58H,1,12-14,17-23,26-27,30-31H2,2-10H3,(H,57,66)/t33-,39-,40-,46-,53+/m0/s1. The van der Waals surface area contributed by atoms with Crippen LogP contribution in [0, 0.1) is 11.3 Å². The monoisotopic (exact) mass is 995 g/mol. The summed E-state index contributed by atoms with van der Waals surface area (Å²) in [6.45, 7) is 19.3. The number of hydrazine groups is 1. The van der Waals surface area contributed by atoms with Gasteiger partial charge in [-0.15, -0.1) is 0 Å². The normalized spacial score (nSPS) is 22.9. The molecule has 19 heteroatoms. The molecule has 0 saturated carbocycles. The number of carbonyl (C=O) groups is 5. The van der Waals surface area contributed by atoms with Crippen molar-refractivity contribution < 1.29 is 42.3 Å². The fourth-order valence-corrected chi connectivity index (χ4v) is 10.7. The van der Waals surface area contributed by atoms with Crippen LogP contribution in [-0.2, 0) is 52.8 Å². The van der Waals surface area contributed by atoms with Crippen LogP contribution in [0.4, 0.5) is 10.1 Å². The van der Waals surface area contributed by atoms with E-state index in [0.29, 0.717) is 31.6 Å². The smallest absolute Gasteiger partial charge is 0.324 e. The second-order valence-corrected chi connectivity index (χ2v) is 21.0. The highest BCUT2D eigenvalue weighted by molar-refractivity contribution is 5.97. The van der Waals surface area contributed by atoms with Crippen molar-refractivity contribution >= 4 is 46.2 Å². The number of hydrogen-bond donors (Lipinski definition) is 2. The Labute approximate surface area is 421 Å². The van der Waals surface area contributed by atoms with Gasteiger partial charge in [0.2, 0.25) is 17.5 Å². The zero-order chi connectivity index (χ0) is 51.8. The number of ether oxygens (including phenoxy) is 2. The maximum atomic E-state index is 16.3. The van der Waals surface area contributed by atoms with Crippen LogP contribution in [0.25, 0.3) is 33.5 Å². The quantitative estimate of drug-likeness (QED) is 0.150. The Morgan fingerprint density at radius 1 is 1.07 bits per heavy atom. The van der Waals surface area contributed by atoms with E-state index in [2.05, 4.69) is 82.7 Å². The van der Waals surface area contributed by atoms with E-state index in [-0.39, 0.29) is 44.5 Å². The van der Waals surface area contributed by atoms with Crippen molar-refractivity contribution in [2.75, 3.05) is 78.5 Å². The number of rotatable bonds is 11. The Balaban J connectivity index is 1.19. The third-order valence-corrected chi connectivity index (χ3v) is 14.8. The summed E-state index contributed by atoms with van der Waals surface area (Å²) >= 11 is 0. The van der Waals surface area contributed by atoms with Gasteiger partial charge in [-0.1, -0.05) is 34.3 Å². The lowest BCUT2D eigenvalue weighted by Gasteiger charge is -2.37. The predicted octanol–water partition coefficient (Wildman–Crippen LogP) is 5.10. The molecule has 7 heterocycles. The average molecular weight is 995 g/mol. The number of carbonyl (C=O) groups excluding carboxylic acids is 5. The van der Waals surface area contributed by atoms with Crippen LogP contribution in [0.15, 0.2) is 53.7 Å². The first-order chi connectivity index (χ1) is 34.3. The minimum absolute atomic E-state index is 0.0174. The summed E-state index contributed by atoms with van der Waals surface area (Å²) in [6, 6.07) is 5.01. The molecule has 18 nitrogen and oxygen atoms in total. The van der Waals surface area contributed by atoms with E-state index in [4.69, 9.17) is 18.9 Å². The summed E-state index contributed by atoms with van der Waals surface area (Å²) in [4.78, 5) is 86.0. The van der Waals surface area contributed by atoms with Gasteiger partial charge in [0.1, 0.15) is 18.1 Å². The molecule has 4 aromatic rings. The predicted molar refractivity (Wildman–Crippen MR) is 270 cm³/mol. The highest BCUT2D eigenvalue weighted by atomic mass is 19.1. The van der Waals surface area contributed by atoms with Gasteiger partial charge in [0.15, 0.2) is 11.7 Å². The first-order valence-electron chi connectivity index (χ1n) is 25.2. The zero-order valence-electron chi connectivity index (χ0n) is 43.3. The number of oxazole rings is 1. The molecule has 8 rings (SSSR count). The van der Waals surface area contributed by atoms with Gasteiger partial charge in [-0.05, 0) is 82.0 Å². The van der Waals surface area contributed by atoms with Gasteiger partial charge >= 0.3 is 5.97 Å². The van der Waals surface area contributed by atoms with E-state index in [1.54, 1.807) is 27.2 Å². The van der Waals surface area contributed by atoms with Crippen molar-refractivity contribution in [3.05, 3.63) is 66.5 Å². The SMILES string of the molecule is C=CC(=O)N1CC[C@](F)(C(=O)N(C)[C@H](C(=O)N[C@H]2Cc3ncc(o3)-c3ccc4c(c3)c(c(-c3cc(N5CCN(C)CC5)cnc3[C@H](C)OC)n4CC)CC(C)(C)COC(=O)[C@@H]3CCCN(N3)C2=O)C(C)C)C1. The molecule has 3 aromatic heterocycles. The molecule has 6 bridgehead atoms. The summed E-state index contributed by atoms with van der Waals surface area (Å²) in [5, 5.41) is 5.15. The summed E-state index contributed by atoms with van der Waals surface area (Å²) in [5.41, 5.74) is 6.64. The molecule has 4 amide bonds. The summed E-state index contributed by atoms with van der Waals surface area (Å²) in [7, 11) is 5.18. The van der Waals surface area contributed by atoms with Crippen molar-refractivity contribution in [2.24, 2.45) is 11.3 Å². The molecule has 2 N–H and O–H groups in total. The Kier molecular flexibility index (Phi) is 15.3. The number of methoxy groups -OCH3 is 1. The van der Waals surface area contributed by atoms with Gasteiger partial charge in [-0.25, -0.2) is 14.8 Å². The number of alkyl halides is 1. The van der Waals surface area contributed by atoms with Gasteiger partial charge in [-0.2, -0.15) is 0 Å². The second kappa shape index (κ2) is 21.1. The Morgan fingerprint density at radius 2 is 1.82 bits per heavy atom. The molecule has 0 unspecified atom stereocenters. The third-order valence-electron chi connectivity index (χ3n) is 14.8. The third kappa shape index (κ3) is 10.5. The number of aromatic nitrogens is 3. The first-order valence-corrected chi connectivity index (χ1v) is 25.2. The van der Waals surface area contributed by atoms with Crippen LogP contribution in [0.5, 0.6) is 0 Å². The number of aryl methyl sites for hydroxylation is 1. The van der Waals surface area contributed by atoms with E-state index in [0.717, 1.165) is 81.8 Å². The maximum absolute atomic E-state index is 16.3. The van der Waals surface area contributed by atoms with Crippen LogP contribution >= 0.6 is 0 Å². The molecule has 4 aliphatic heterocycles. The van der Waals surface area contributed by atoms with Crippen LogP contribution in [0.2, 0.25) is 0 Å². The number of esters is 1. The zero-order valence-corrected chi connectivity index (χ0v) is 43.3. The maximum Gasteiger partial charge on any atom is 0.324 e. The number of nitrogens with zero attached hydrogens (tertiary/aromatic N) is 8. The molecule has 1 aromatic carbocycles. The van der Waals surface area contributed by atoms with Crippen LogP contribution in [0.3, 0.4) is 0 Å². The summed E-state index contributed by atoms with van der Waals surface area (Å²) in [6.07, 6.45) is 5.25. The van der Waals surface area contributed by atoms with Crippen LogP contribution in [-0.4, -0.2) is 161 Å². The van der Waals surface area contributed by atoms with Gasteiger partial charge in [0, 0.05) is 93.8 Å². The minimum Gasteiger partial charge on any atom is -0.464 e. The van der Waals surface area contributed by atoms with Crippen LogP contribution < -0.4 is 15.6 Å². The van der Waals surface area contributed by atoms with Gasteiger partial charge in [0.25, 0.3) is 11.8 Å². The average Bonchev–Trinajstić information content (AvgIpc) is 4.10. The first kappa shape index (κ1) is 52.2. The molecule has 3 fully saturated rings. The number of cyclic esters (lactones) is 1. The molecule has 4 aliphatic rings. The minimum atomic E-state index is -2.43. The fraction of sp³-hybridized carbons (Fsp3) is 0.566. The highest BCUT2D eigenvalue weighted by Crippen LogP contribution is 2.43. The number of likely N-dealkylation sites (N-methyl/N-ethyl adjacent to an activating group) is 2. The second-order valence-electron chi connectivity index (χ2n) is 21.0. The summed E-state index contributed by atoms with van der Waals surface area (Å²) in [5.74, 6) is -3.16. The van der Waals surface area contributed by atoms with E-state index >= 15 is 4.39 Å². The Morgan fingerprint density at radius 3 is 2.51 bits per heavy atom. The van der Waals surface area contributed by atoms with Crippen molar-refractivity contribution in [2.45, 2.75) is 110 Å². The molecule has 72 heavy (non-hydrogen) atoms. The number of anilines is 1. The molecular formula is C53H71FN10O8. The Hall–Kier alpha value is -6.18. The van der Waals surface area contributed by atoms with E-state index in [9.17, 15) is 24.0 Å². The number of hydrogen-bond acceptors (Lipinski definition) is 13. The number of nitrogens with one attached hydrogen (secondary N) is 2. The van der Waals surface area contributed by atoms with Crippen LogP contribution in [0.1, 0.15) is 84.1 Å². The van der Waals surface area contributed by atoms with E-state index < -0.39 is 71.3 Å². The summed E-state index contributed by atoms with van der Waals surface area (Å²) < 4.78 is 37.2. The van der Waals surface area contributed by atoms with Gasteiger partial charge < -0.3 is 43.4 Å². The van der Waals surface area contributed by atoms with Gasteiger partial charge in [0.05, 0.1) is 55.1 Å². The van der Waals surface area contributed by atoms with Crippen molar-refractivity contribution in [3.8, 4) is 22.6 Å². The van der Waals surface area contributed by atoms with Gasteiger partial charge in [-0.3, -0.25) is 34.0 Å². The van der Waals surface area contributed by atoms with Crippen molar-refractivity contribution in [1.29, 1.82) is 0 Å². The molecule has 3 saturated heterocycles. The lowest BCUT2D eigenvalue weighted by molar-refractivity contribution is -0.155. The number of likely N-dealkylation sites (tertiary alicyclic amines) is 1. The largest absolute Gasteiger partial charge is 0.464 e. The lowest BCUT2D eigenvalue weighted by atomic mass is 9.84. The number of halogens is 1. The van der Waals surface area contributed by atoms with E-state index in [1.165, 1.54) is 17.0 Å². The Bertz CT molecular complexity index is 2710. The highest BCUT2D eigenvalue weighted by Gasteiger charge is 2.50. The molecule has 0 aliphatic carbocycles. The number of fused-ring (bicyclic) bond motifs is 6. The number of pyridine rings is 1. The van der Waals surface area contributed by atoms with E-state index in [1.807, 2.05) is 19.2 Å². The number of piperazine rings is 1. The molecule has 388 valence electrons. The fourth-order valence-electron chi connectivity index (χ4n) is 10.7. The number of benzene rings is 1. The number of amides is 4.